The van der Waals surface area contributed by atoms with Crippen molar-refractivity contribution in [3.63, 3.8) is 0 Å². The van der Waals surface area contributed by atoms with Crippen LogP contribution in [0.3, 0.4) is 0 Å². The van der Waals surface area contributed by atoms with Gasteiger partial charge < -0.3 is 15.1 Å². The van der Waals surface area contributed by atoms with Crippen molar-refractivity contribution < 1.29 is 9.59 Å². The summed E-state index contributed by atoms with van der Waals surface area (Å²) in [6.07, 6.45) is 0. The number of carbonyl (C=O) groups excluding carboxylic acids is 2. The highest BCUT2D eigenvalue weighted by Gasteiger charge is 2.22. The summed E-state index contributed by atoms with van der Waals surface area (Å²) in [5.74, 6) is -0.395. The molecule has 3 rings (SSSR count). The molecule has 6 heteroatoms. The molecule has 2 heterocycles. The predicted octanol–water partition coefficient (Wildman–Crippen LogP) is 1.71. The van der Waals surface area contributed by atoms with E-state index in [2.05, 4.69) is 15.2 Å². The summed E-state index contributed by atoms with van der Waals surface area (Å²) in [7, 11) is 2.04. The van der Waals surface area contributed by atoms with Gasteiger partial charge in [0.25, 0.3) is 11.8 Å². The number of rotatable bonds is 4. The highest BCUT2D eigenvalue weighted by atomic mass is 16.2. The van der Waals surface area contributed by atoms with Crippen molar-refractivity contribution in [1.29, 1.82) is 0 Å². The summed E-state index contributed by atoms with van der Waals surface area (Å²) < 4.78 is 0. The molecule has 1 N–H and O–H groups in total. The molecule has 0 saturated carbocycles. The number of pyridine rings is 1. The number of nitrogens with zero attached hydrogens (tertiary/aromatic N) is 3. The second kappa shape index (κ2) is 8.10. The zero-order chi connectivity index (χ0) is 18.5. The van der Waals surface area contributed by atoms with Gasteiger partial charge in [-0.2, -0.15) is 0 Å². The molecular weight excluding hydrogens is 328 g/mol. The maximum Gasteiger partial charge on any atom is 0.272 e. The average Bonchev–Trinajstić information content (AvgIpc) is 2.67. The van der Waals surface area contributed by atoms with Gasteiger partial charge in [-0.1, -0.05) is 30.3 Å². The molecule has 0 bridgehead atoms. The van der Waals surface area contributed by atoms with Crippen LogP contribution >= 0.6 is 0 Å². The smallest absolute Gasteiger partial charge is 0.272 e. The van der Waals surface area contributed by atoms with Crippen LogP contribution in [0.25, 0.3) is 0 Å². The average molecular weight is 352 g/mol. The van der Waals surface area contributed by atoms with Gasteiger partial charge in [-0.15, -0.1) is 0 Å². The molecule has 2 amide bonds. The Morgan fingerprint density at radius 1 is 1.00 bits per heavy atom. The summed E-state index contributed by atoms with van der Waals surface area (Å²) in [6, 6.07) is 12.9. The van der Waals surface area contributed by atoms with Gasteiger partial charge in [0, 0.05) is 32.7 Å². The van der Waals surface area contributed by atoms with E-state index in [0.29, 0.717) is 25.3 Å². The maximum absolute atomic E-state index is 12.6. The summed E-state index contributed by atoms with van der Waals surface area (Å²) in [4.78, 5) is 33.3. The first kappa shape index (κ1) is 18.1. The summed E-state index contributed by atoms with van der Waals surface area (Å²) in [5.41, 5.74) is 2.77. The number of nitrogens with one attached hydrogen (secondary N) is 1. The van der Waals surface area contributed by atoms with Crippen molar-refractivity contribution >= 4 is 11.8 Å². The third-order valence-corrected chi connectivity index (χ3v) is 4.69. The lowest BCUT2D eigenvalue weighted by atomic mass is 10.1. The van der Waals surface area contributed by atoms with Crippen molar-refractivity contribution in [2.75, 3.05) is 33.2 Å². The largest absolute Gasteiger partial charge is 0.347 e. The van der Waals surface area contributed by atoms with Crippen LogP contribution in [0.4, 0.5) is 0 Å². The van der Waals surface area contributed by atoms with E-state index in [0.717, 1.165) is 24.2 Å². The van der Waals surface area contributed by atoms with E-state index in [1.165, 1.54) is 0 Å². The number of piperazine rings is 1. The minimum Gasteiger partial charge on any atom is -0.347 e. The molecule has 1 fully saturated rings. The Balaban J connectivity index is 1.65. The number of amides is 2. The minimum atomic E-state index is -0.277. The van der Waals surface area contributed by atoms with Crippen molar-refractivity contribution in [3.8, 4) is 0 Å². The number of likely N-dealkylation sites (N-methyl/N-ethyl adjacent to an activating group) is 1. The molecule has 0 unspecified atom stereocenters. The van der Waals surface area contributed by atoms with Crippen LogP contribution in [-0.4, -0.2) is 59.8 Å². The summed E-state index contributed by atoms with van der Waals surface area (Å²) >= 11 is 0. The Morgan fingerprint density at radius 2 is 1.69 bits per heavy atom. The fourth-order valence-corrected chi connectivity index (χ4v) is 2.93. The Bertz CT molecular complexity index is 798. The molecule has 2 aromatic rings. The van der Waals surface area contributed by atoms with Gasteiger partial charge in [-0.05, 0) is 37.2 Å². The quantitative estimate of drug-likeness (QED) is 0.910. The van der Waals surface area contributed by atoms with E-state index >= 15 is 0 Å². The minimum absolute atomic E-state index is 0.119. The molecule has 26 heavy (non-hydrogen) atoms. The van der Waals surface area contributed by atoms with E-state index in [-0.39, 0.29) is 17.5 Å². The molecule has 6 nitrogen and oxygen atoms in total. The van der Waals surface area contributed by atoms with Gasteiger partial charge in [0.15, 0.2) is 0 Å². The molecule has 1 saturated heterocycles. The zero-order valence-electron chi connectivity index (χ0n) is 15.2. The van der Waals surface area contributed by atoms with Gasteiger partial charge in [-0.3, -0.25) is 9.59 Å². The molecule has 0 aliphatic carbocycles. The first-order valence-corrected chi connectivity index (χ1v) is 8.82. The zero-order valence-corrected chi connectivity index (χ0v) is 15.2. The second-order valence-corrected chi connectivity index (χ2v) is 6.61. The molecule has 0 atom stereocenters. The lowest BCUT2D eigenvalue weighted by Crippen LogP contribution is -2.47. The van der Waals surface area contributed by atoms with Gasteiger partial charge in [0.2, 0.25) is 0 Å². The molecule has 1 aliphatic heterocycles. The lowest BCUT2D eigenvalue weighted by molar-refractivity contribution is 0.0658. The first-order chi connectivity index (χ1) is 12.5. The predicted molar refractivity (Wildman–Crippen MR) is 100.0 cm³/mol. The second-order valence-electron chi connectivity index (χ2n) is 6.61. The Kier molecular flexibility index (Phi) is 5.63. The SMILES string of the molecule is Cc1ccccc1CNC(=O)c1cccc(C(=O)N2CCN(C)CC2)n1. The van der Waals surface area contributed by atoms with Crippen molar-refractivity contribution in [1.82, 2.24) is 20.1 Å². The van der Waals surface area contributed by atoms with Crippen molar-refractivity contribution in [3.05, 3.63) is 65.0 Å². The van der Waals surface area contributed by atoms with Crippen LogP contribution in [0.5, 0.6) is 0 Å². The molecule has 0 spiro atoms. The summed E-state index contributed by atoms with van der Waals surface area (Å²) in [6.45, 7) is 5.50. The van der Waals surface area contributed by atoms with E-state index < -0.39 is 0 Å². The number of carbonyl (C=O) groups is 2. The fourth-order valence-electron chi connectivity index (χ4n) is 2.93. The van der Waals surface area contributed by atoms with E-state index in [4.69, 9.17) is 0 Å². The van der Waals surface area contributed by atoms with Crippen LogP contribution in [0, 0.1) is 6.92 Å². The number of aryl methyl sites for hydroxylation is 1. The van der Waals surface area contributed by atoms with Crippen LogP contribution in [0.15, 0.2) is 42.5 Å². The Hall–Kier alpha value is -2.73. The lowest BCUT2D eigenvalue weighted by Gasteiger charge is -2.32. The van der Waals surface area contributed by atoms with Crippen LogP contribution in [0.2, 0.25) is 0 Å². The molecule has 136 valence electrons. The fraction of sp³-hybridized carbons (Fsp3) is 0.350. The Labute approximate surface area is 153 Å². The molecule has 1 aromatic carbocycles. The normalized spacial score (nSPS) is 14.9. The molecular formula is C20H24N4O2. The maximum atomic E-state index is 12.6. The monoisotopic (exact) mass is 352 g/mol. The number of aromatic nitrogens is 1. The number of hydrogen-bond donors (Lipinski definition) is 1. The van der Waals surface area contributed by atoms with Gasteiger partial charge >= 0.3 is 0 Å². The van der Waals surface area contributed by atoms with Gasteiger partial charge in [-0.25, -0.2) is 4.98 Å². The van der Waals surface area contributed by atoms with Crippen LogP contribution in [0.1, 0.15) is 32.1 Å². The molecule has 1 aliphatic rings. The topological polar surface area (TPSA) is 65.5 Å². The first-order valence-electron chi connectivity index (χ1n) is 8.82. The molecule has 0 radical (unpaired) electrons. The third-order valence-electron chi connectivity index (χ3n) is 4.69. The highest BCUT2D eigenvalue weighted by Crippen LogP contribution is 2.09. The van der Waals surface area contributed by atoms with Crippen molar-refractivity contribution in [2.45, 2.75) is 13.5 Å². The van der Waals surface area contributed by atoms with E-state index in [9.17, 15) is 9.59 Å². The van der Waals surface area contributed by atoms with Crippen LogP contribution < -0.4 is 5.32 Å². The van der Waals surface area contributed by atoms with Crippen molar-refractivity contribution in [2.24, 2.45) is 0 Å². The van der Waals surface area contributed by atoms with Crippen LogP contribution in [-0.2, 0) is 6.54 Å². The van der Waals surface area contributed by atoms with E-state index in [1.54, 1.807) is 23.1 Å². The molecule has 1 aromatic heterocycles. The number of hydrogen-bond acceptors (Lipinski definition) is 4. The van der Waals surface area contributed by atoms with Gasteiger partial charge in [0.1, 0.15) is 11.4 Å². The third kappa shape index (κ3) is 4.26. The van der Waals surface area contributed by atoms with E-state index in [1.807, 2.05) is 38.2 Å². The Morgan fingerprint density at radius 3 is 2.42 bits per heavy atom. The number of benzene rings is 1. The highest BCUT2D eigenvalue weighted by molar-refractivity contribution is 5.96. The van der Waals surface area contributed by atoms with Gasteiger partial charge in [0.05, 0.1) is 0 Å². The summed E-state index contributed by atoms with van der Waals surface area (Å²) in [5, 5.41) is 2.87. The standard InChI is InChI=1S/C20H24N4O2/c1-15-6-3-4-7-16(15)14-21-19(25)17-8-5-9-18(22-17)20(26)24-12-10-23(2)11-13-24/h3-9H,10-14H2,1-2H3,(H,21,25).